The standard InChI is InChI=1S/C23H23N3O2/c1-2-8-21-18(5-1)6-3-7-19(21)16-25-10-12-26(13-11-25)17-20-15-23(28-24-20)22-9-4-14-27-22/h1-9,14-15H,10-13,16-17H2. The summed E-state index contributed by atoms with van der Waals surface area (Å²) in [6.45, 7) is 6.01. The van der Waals surface area contributed by atoms with Crippen LogP contribution in [-0.2, 0) is 13.1 Å². The van der Waals surface area contributed by atoms with Gasteiger partial charge in [0.2, 0.25) is 5.76 Å². The molecule has 5 rings (SSSR count). The molecule has 1 saturated heterocycles. The van der Waals surface area contributed by atoms with Crippen LogP contribution in [-0.4, -0.2) is 41.1 Å². The largest absolute Gasteiger partial charge is 0.461 e. The maximum atomic E-state index is 5.41. The number of rotatable bonds is 5. The molecule has 0 atom stereocenters. The van der Waals surface area contributed by atoms with Gasteiger partial charge in [0.15, 0.2) is 5.76 Å². The molecule has 0 bridgehead atoms. The van der Waals surface area contributed by atoms with Gasteiger partial charge in [0.05, 0.1) is 12.0 Å². The number of benzene rings is 2. The molecule has 0 aliphatic carbocycles. The van der Waals surface area contributed by atoms with E-state index in [1.54, 1.807) is 6.26 Å². The van der Waals surface area contributed by atoms with Crippen LogP contribution in [0.4, 0.5) is 0 Å². The third-order valence-electron chi connectivity index (χ3n) is 5.45. The summed E-state index contributed by atoms with van der Waals surface area (Å²) in [7, 11) is 0. The lowest BCUT2D eigenvalue weighted by Gasteiger charge is -2.34. The number of furan rings is 1. The normalized spacial score (nSPS) is 16.0. The molecule has 1 fully saturated rings. The van der Waals surface area contributed by atoms with E-state index in [0.717, 1.165) is 50.7 Å². The quantitative estimate of drug-likeness (QED) is 0.519. The first kappa shape index (κ1) is 17.2. The molecule has 142 valence electrons. The zero-order valence-electron chi connectivity index (χ0n) is 15.8. The molecule has 0 amide bonds. The van der Waals surface area contributed by atoms with Crippen LogP contribution in [0.1, 0.15) is 11.3 Å². The average molecular weight is 373 g/mol. The Balaban J connectivity index is 1.19. The van der Waals surface area contributed by atoms with Gasteiger partial charge in [0.25, 0.3) is 0 Å². The zero-order chi connectivity index (χ0) is 18.8. The Kier molecular flexibility index (Phi) is 4.69. The van der Waals surface area contributed by atoms with Crippen LogP contribution < -0.4 is 0 Å². The SMILES string of the molecule is c1coc(-c2cc(CN3CCN(Cc4cccc5ccccc45)CC3)no2)c1. The van der Waals surface area contributed by atoms with Crippen molar-refractivity contribution in [1.29, 1.82) is 0 Å². The number of hydrogen-bond acceptors (Lipinski definition) is 5. The number of aromatic nitrogens is 1. The third kappa shape index (κ3) is 3.59. The molecule has 0 unspecified atom stereocenters. The van der Waals surface area contributed by atoms with Crippen LogP contribution in [0.25, 0.3) is 22.3 Å². The maximum Gasteiger partial charge on any atom is 0.202 e. The Bertz CT molecular complexity index is 1040. The second-order valence-electron chi connectivity index (χ2n) is 7.35. The summed E-state index contributed by atoms with van der Waals surface area (Å²) in [5.74, 6) is 1.41. The highest BCUT2D eigenvalue weighted by molar-refractivity contribution is 5.85. The lowest BCUT2D eigenvalue weighted by molar-refractivity contribution is 0.120. The van der Waals surface area contributed by atoms with Gasteiger partial charge >= 0.3 is 0 Å². The third-order valence-corrected chi connectivity index (χ3v) is 5.45. The van der Waals surface area contributed by atoms with Crippen molar-refractivity contribution >= 4 is 10.8 Å². The van der Waals surface area contributed by atoms with Gasteiger partial charge in [0.1, 0.15) is 0 Å². The van der Waals surface area contributed by atoms with Crippen molar-refractivity contribution in [2.24, 2.45) is 0 Å². The molecule has 0 spiro atoms. The lowest BCUT2D eigenvalue weighted by atomic mass is 10.0. The molecule has 2 aromatic heterocycles. The molecule has 5 nitrogen and oxygen atoms in total. The highest BCUT2D eigenvalue weighted by atomic mass is 16.5. The van der Waals surface area contributed by atoms with E-state index in [2.05, 4.69) is 57.4 Å². The van der Waals surface area contributed by atoms with Crippen molar-refractivity contribution in [1.82, 2.24) is 15.0 Å². The van der Waals surface area contributed by atoms with E-state index in [4.69, 9.17) is 8.94 Å². The van der Waals surface area contributed by atoms with Gasteiger partial charge in [-0.3, -0.25) is 9.80 Å². The van der Waals surface area contributed by atoms with E-state index < -0.39 is 0 Å². The molecule has 28 heavy (non-hydrogen) atoms. The second-order valence-corrected chi connectivity index (χ2v) is 7.35. The number of hydrogen-bond donors (Lipinski definition) is 0. The number of piperazine rings is 1. The van der Waals surface area contributed by atoms with E-state index >= 15 is 0 Å². The Morgan fingerprint density at radius 3 is 2.39 bits per heavy atom. The molecular formula is C23H23N3O2. The molecule has 0 N–H and O–H groups in total. The van der Waals surface area contributed by atoms with Crippen LogP contribution >= 0.6 is 0 Å². The van der Waals surface area contributed by atoms with Gasteiger partial charge in [-0.25, -0.2) is 0 Å². The minimum atomic E-state index is 0.689. The summed E-state index contributed by atoms with van der Waals surface area (Å²) in [5.41, 5.74) is 2.36. The fourth-order valence-corrected chi connectivity index (χ4v) is 3.93. The van der Waals surface area contributed by atoms with Crippen LogP contribution in [0.15, 0.2) is 75.9 Å². The van der Waals surface area contributed by atoms with Crippen molar-refractivity contribution in [2.75, 3.05) is 26.2 Å². The van der Waals surface area contributed by atoms with E-state index in [0.29, 0.717) is 5.76 Å². The van der Waals surface area contributed by atoms with Crippen molar-refractivity contribution in [2.45, 2.75) is 13.1 Å². The van der Waals surface area contributed by atoms with Crippen molar-refractivity contribution in [3.63, 3.8) is 0 Å². The summed E-state index contributed by atoms with van der Waals surface area (Å²) in [5, 5.41) is 6.88. The highest BCUT2D eigenvalue weighted by Crippen LogP contribution is 2.23. The molecule has 0 radical (unpaired) electrons. The van der Waals surface area contributed by atoms with E-state index in [9.17, 15) is 0 Å². The first-order valence-electron chi connectivity index (χ1n) is 9.76. The molecule has 5 heteroatoms. The van der Waals surface area contributed by atoms with E-state index in [1.165, 1.54) is 16.3 Å². The summed E-state index contributed by atoms with van der Waals surface area (Å²) in [6, 6.07) is 20.9. The Hall–Kier alpha value is -2.89. The maximum absolute atomic E-state index is 5.41. The highest BCUT2D eigenvalue weighted by Gasteiger charge is 2.19. The predicted molar refractivity (Wildman–Crippen MR) is 109 cm³/mol. The fourth-order valence-electron chi connectivity index (χ4n) is 3.93. The first-order valence-corrected chi connectivity index (χ1v) is 9.76. The van der Waals surface area contributed by atoms with Gasteiger partial charge in [-0.1, -0.05) is 47.6 Å². The van der Waals surface area contributed by atoms with Gasteiger partial charge in [-0.2, -0.15) is 0 Å². The summed E-state index contributed by atoms with van der Waals surface area (Å²) < 4.78 is 10.8. The first-order chi connectivity index (χ1) is 13.8. The molecule has 1 aliphatic heterocycles. The van der Waals surface area contributed by atoms with Gasteiger partial charge < -0.3 is 8.94 Å². The summed E-state index contributed by atoms with van der Waals surface area (Å²) in [6.07, 6.45) is 1.65. The van der Waals surface area contributed by atoms with Crippen LogP contribution in [0, 0.1) is 0 Å². The topological polar surface area (TPSA) is 45.7 Å². The van der Waals surface area contributed by atoms with Gasteiger partial charge in [0, 0.05) is 45.3 Å². The molecular weight excluding hydrogens is 350 g/mol. The Morgan fingerprint density at radius 1 is 0.786 bits per heavy atom. The molecule has 4 aromatic rings. The molecule has 2 aromatic carbocycles. The Labute approximate surface area is 164 Å². The van der Waals surface area contributed by atoms with Crippen LogP contribution in [0.2, 0.25) is 0 Å². The van der Waals surface area contributed by atoms with Crippen LogP contribution in [0.5, 0.6) is 0 Å². The van der Waals surface area contributed by atoms with E-state index in [1.807, 2.05) is 18.2 Å². The lowest BCUT2D eigenvalue weighted by Crippen LogP contribution is -2.45. The zero-order valence-corrected chi connectivity index (χ0v) is 15.8. The minimum absolute atomic E-state index is 0.689. The summed E-state index contributed by atoms with van der Waals surface area (Å²) >= 11 is 0. The monoisotopic (exact) mass is 373 g/mol. The van der Waals surface area contributed by atoms with Crippen molar-refractivity contribution in [3.8, 4) is 11.5 Å². The smallest absolute Gasteiger partial charge is 0.202 e. The fraction of sp³-hybridized carbons (Fsp3) is 0.261. The van der Waals surface area contributed by atoms with Crippen LogP contribution in [0.3, 0.4) is 0 Å². The minimum Gasteiger partial charge on any atom is -0.461 e. The van der Waals surface area contributed by atoms with Crippen molar-refractivity contribution in [3.05, 3.63) is 78.2 Å². The summed E-state index contributed by atoms with van der Waals surface area (Å²) in [4.78, 5) is 4.97. The van der Waals surface area contributed by atoms with Gasteiger partial charge in [-0.05, 0) is 28.5 Å². The van der Waals surface area contributed by atoms with Crippen molar-refractivity contribution < 1.29 is 8.94 Å². The van der Waals surface area contributed by atoms with Gasteiger partial charge in [-0.15, -0.1) is 0 Å². The van der Waals surface area contributed by atoms with E-state index in [-0.39, 0.29) is 0 Å². The molecule has 1 aliphatic rings. The number of fused-ring (bicyclic) bond motifs is 1. The number of nitrogens with zero attached hydrogens (tertiary/aromatic N) is 3. The average Bonchev–Trinajstić information content (AvgIpc) is 3.42. The molecule has 3 heterocycles. The Morgan fingerprint density at radius 2 is 1.57 bits per heavy atom. The predicted octanol–water partition coefficient (Wildman–Crippen LogP) is 4.41. The second kappa shape index (κ2) is 7.62. The molecule has 0 saturated carbocycles.